The van der Waals surface area contributed by atoms with Crippen molar-refractivity contribution in [2.24, 2.45) is 0 Å². The van der Waals surface area contributed by atoms with Gasteiger partial charge in [0.25, 0.3) is 0 Å². The molecule has 2 aliphatic heterocycles. The first kappa shape index (κ1) is 11.9. The van der Waals surface area contributed by atoms with Crippen molar-refractivity contribution in [3.05, 3.63) is 0 Å². The quantitative estimate of drug-likeness (QED) is 0.750. The maximum Gasteiger partial charge on any atom is 0.223 e. The summed E-state index contributed by atoms with van der Waals surface area (Å²) in [5.74, 6) is 0.334. The number of hydrogen-bond acceptors (Lipinski definition) is 3. The molecule has 0 bridgehead atoms. The minimum Gasteiger partial charge on any atom is -0.340 e. The first-order valence-electron chi connectivity index (χ1n) is 6.50. The van der Waals surface area contributed by atoms with Crippen LogP contribution in [0.25, 0.3) is 0 Å². The lowest BCUT2D eigenvalue weighted by molar-refractivity contribution is -0.132. The molecule has 1 N–H and O–H groups in total. The molecule has 0 saturated carbocycles. The summed E-state index contributed by atoms with van der Waals surface area (Å²) in [6, 6.07) is 0.677. The average Bonchev–Trinajstić information content (AvgIpc) is 2.73. The predicted octanol–water partition coefficient (Wildman–Crippen LogP) is 0.293. The van der Waals surface area contributed by atoms with Gasteiger partial charge in [-0.2, -0.15) is 0 Å². The molecule has 0 aromatic heterocycles. The molecular formula is C12H23N3O. The monoisotopic (exact) mass is 225 g/mol. The van der Waals surface area contributed by atoms with E-state index in [0.717, 1.165) is 32.7 Å². The summed E-state index contributed by atoms with van der Waals surface area (Å²) in [7, 11) is 0. The van der Waals surface area contributed by atoms with Gasteiger partial charge in [0.05, 0.1) is 0 Å². The van der Waals surface area contributed by atoms with Crippen LogP contribution in [0.2, 0.25) is 0 Å². The molecular weight excluding hydrogens is 202 g/mol. The fourth-order valence-corrected chi connectivity index (χ4v) is 2.64. The van der Waals surface area contributed by atoms with Gasteiger partial charge in [-0.15, -0.1) is 0 Å². The number of rotatable bonds is 3. The molecule has 2 saturated heterocycles. The highest BCUT2D eigenvalue weighted by Crippen LogP contribution is 2.16. The highest BCUT2D eigenvalue weighted by atomic mass is 16.2. The zero-order chi connectivity index (χ0) is 11.4. The van der Waals surface area contributed by atoms with Gasteiger partial charge in [-0.3, -0.25) is 4.79 Å². The van der Waals surface area contributed by atoms with Crippen molar-refractivity contribution in [3.8, 4) is 0 Å². The third kappa shape index (κ3) is 2.95. The summed E-state index contributed by atoms with van der Waals surface area (Å²) in [4.78, 5) is 16.4. The maximum atomic E-state index is 11.9. The molecule has 2 rings (SSSR count). The van der Waals surface area contributed by atoms with Crippen LogP contribution < -0.4 is 5.32 Å². The Labute approximate surface area is 98.0 Å². The van der Waals surface area contributed by atoms with E-state index in [4.69, 9.17) is 0 Å². The van der Waals surface area contributed by atoms with Gasteiger partial charge < -0.3 is 15.1 Å². The molecule has 0 radical (unpaired) electrons. The Kier molecular flexibility index (Phi) is 4.18. The summed E-state index contributed by atoms with van der Waals surface area (Å²) in [6.07, 6.45) is 3.29. The van der Waals surface area contributed by atoms with E-state index in [0.29, 0.717) is 18.4 Å². The Bertz CT molecular complexity index is 238. The van der Waals surface area contributed by atoms with Crippen molar-refractivity contribution in [1.29, 1.82) is 0 Å². The standard InChI is InChI=1S/C12H23N3O/c1-11-3-2-7-14(11)8-4-12(16)15-9-5-13-6-10-15/h11,13H,2-10H2,1H3. The van der Waals surface area contributed by atoms with Gasteiger partial charge in [-0.1, -0.05) is 0 Å². The van der Waals surface area contributed by atoms with E-state index in [-0.39, 0.29) is 0 Å². The van der Waals surface area contributed by atoms with Crippen molar-refractivity contribution in [1.82, 2.24) is 15.1 Å². The SMILES string of the molecule is CC1CCCN1CCC(=O)N1CCNCC1. The van der Waals surface area contributed by atoms with Crippen LogP contribution in [0.1, 0.15) is 26.2 Å². The summed E-state index contributed by atoms with van der Waals surface area (Å²) in [6.45, 7) is 8.06. The second-order valence-corrected chi connectivity index (χ2v) is 4.91. The molecule has 92 valence electrons. The van der Waals surface area contributed by atoms with Crippen molar-refractivity contribution in [2.75, 3.05) is 39.3 Å². The average molecular weight is 225 g/mol. The normalized spacial score (nSPS) is 27.3. The largest absolute Gasteiger partial charge is 0.340 e. The zero-order valence-electron chi connectivity index (χ0n) is 10.2. The fraction of sp³-hybridized carbons (Fsp3) is 0.917. The van der Waals surface area contributed by atoms with Crippen LogP contribution in [-0.4, -0.2) is 61.0 Å². The van der Waals surface area contributed by atoms with Gasteiger partial charge in [-0.05, 0) is 26.3 Å². The molecule has 2 heterocycles. The number of piperazine rings is 1. The Morgan fingerprint density at radius 3 is 2.69 bits per heavy atom. The number of nitrogens with zero attached hydrogens (tertiary/aromatic N) is 2. The number of likely N-dealkylation sites (tertiary alicyclic amines) is 1. The molecule has 0 aliphatic carbocycles. The topological polar surface area (TPSA) is 35.6 Å². The smallest absolute Gasteiger partial charge is 0.223 e. The van der Waals surface area contributed by atoms with E-state index >= 15 is 0 Å². The highest BCUT2D eigenvalue weighted by molar-refractivity contribution is 5.76. The number of carbonyl (C=O) groups is 1. The Balaban J connectivity index is 1.70. The lowest BCUT2D eigenvalue weighted by Gasteiger charge is -2.28. The van der Waals surface area contributed by atoms with Gasteiger partial charge >= 0.3 is 0 Å². The third-order valence-electron chi connectivity index (χ3n) is 3.77. The maximum absolute atomic E-state index is 11.9. The summed E-state index contributed by atoms with van der Waals surface area (Å²) in [5.41, 5.74) is 0. The molecule has 0 aromatic carbocycles. The fourth-order valence-electron chi connectivity index (χ4n) is 2.64. The van der Waals surface area contributed by atoms with Crippen LogP contribution in [0.4, 0.5) is 0 Å². The van der Waals surface area contributed by atoms with Gasteiger partial charge in [0.2, 0.25) is 5.91 Å². The second kappa shape index (κ2) is 5.64. The van der Waals surface area contributed by atoms with E-state index < -0.39 is 0 Å². The zero-order valence-corrected chi connectivity index (χ0v) is 10.2. The molecule has 4 nitrogen and oxygen atoms in total. The molecule has 4 heteroatoms. The molecule has 2 fully saturated rings. The minimum absolute atomic E-state index is 0.334. The van der Waals surface area contributed by atoms with Crippen LogP contribution in [0, 0.1) is 0 Å². The number of nitrogens with one attached hydrogen (secondary N) is 1. The molecule has 16 heavy (non-hydrogen) atoms. The third-order valence-corrected chi connectivity index (χ3v) is 3.77. The second-order valence-electron chi connectivity index (χ2n) is 4.91. The van der Waals surface area contributed by atoms with Gasteiger partial charge in [0, 0.05) is 45.2 Å². The summed E-state index contributed by atoms with van der Waals surface area (Å²) in [5, 5.41) is 3.27. The molecule has 2 aliphatic rings. The first-order chi connectivity index (χ1) is 7.77. The van der Waals surface area contributed by atoms with Crippen LogP contribution in [0.5, 0.6) is 0 Å². The van der Waals surface area contributed by atoms with Crippen LogP contribution in [0.3, 0.4) is 0 Å². The Morgan fingerprint density at radius 2 is 2.06 bits per heavy atom. The van der Waals surface area contributed by atoms with E-state index in [1.54, 1.807) is 0 Å². The minimum atomic E-state index is 0.334. The predicted molar refractivity (Wildman–Crippen MR) is 64.3 cm³/mol. The van der Waals surface area contributed by atoms with Crippen molar-refractivity contribution < 1.29 is 4.79 Å². The Morgan fingerprint density at radius 1 is 1.31 bits per heavy atom. The van der Waals surface area contributed by atoms with E-state index in [9.17, 15) is 4.79 Å². The van der Waals surface area contributed by atoms with E-state index in [1.807, 2.05) is 4.90 Å². The Hall–Kier alpha value is -0.610. The summed E-state index contributed by atoms with van der Waals surface area (Å²) < 4.78 is 0. The molecule has 1 amide bonds. The van der Waals surface area contributed by atoms with Gasteiger partial charge in [-0.25, -0.2) is 0 Å². The molecule has 0 spiro atoms. The van der Waals surface area contributed by atoms with Crippen LogP contribution in [0.15, 0.2) is 0 Å². The lowest BCUT2D eigenvalue weighted by Crippen LogP contribution is -2.47. The van der Waals surface area contributed by atoms with Crippen molar-refractivity contribution in [2.45, 2.75) is 32.2 Å². The van der Waals surface area contributed by atoms with Crippen LogP contribution in [-0.2, 0) is 4.79 Å². The van der Waals surface area contributed by atoms with Gasteiger partial charge in [0.15, 0.2) is 0 Å². The molecule has 1 unspecified atom stereocenters. The van der Waals surface area contributed by atoms with Crippen LogP contribution >= 0.6 is 0 Å². The number of amides is 1. The first-order valence-corrected chi connectivity index (χ1v) is 6.50. The lowest BCUT2D eigenvalue weighted by atomic mass is 10.2. The number of hydrogen-bond donors (Lipinski definition) is 1. The number of carbonyl (C=O) groups excluding carboxylic acids is 1. The van der Waals surface area contributed by atoms with Crippen molar-refractivity contribution in [3.63, 3.8) is 0 Å². The van der Waals surface area contributed by atoms with Gasteiger partial charge in [0.1, 0.15) is 0 Å². The molecule has 0 aromatic rings. The highest BCUT2D eigenvalue weighted by Gasteiger charge is 2.22. The van der Waals surface area contributed by atoms with Crippen molar-refractivity contribution >= 4 is 5.91 Å². The van der Waals surface area contributed by atoms with E-state index in [1.165, 1.54) is 19.4 Å². The summed E-state index contributed by atoms with van der Waals surface area (Å²) >= 11 is 0. The van der Waals surface area contributed by atoms with E-state index in [2.05, 4.69) is 17.1 Å². The molecule has 1 atom stereocenters.